The Morgan fingerprint density at radius 3 is 2.86 bits per heavy atom. The highest BCUT2D eigenvalue weighted by Gasteiger charge is 2.04. The minimum absolute atomic E-state index is 0.0240. The van der Waals surface area contributed by atoms with Crippen LogP contribution in [0.1, 0.15) is 5.56 Å². The molecule has 74 valence electrons. The first-order chi connectivity index (χ1) is 6.81. The molecule has 3 nitrogen and oxygen atoms in total. The molecule has 0 saturated heterocycles. The van der Waals surface area contributed by atoms with Crippen molar-refractivity contribution in [1.82, 2.24) is 0 Å². The third-order valence-electron chi connectivity index (χ3n) is 1.70. The highest BCUT2D eigenvalue weighted by molar-refractivity contribution is 6.17. The molecular formula is C10H10ClNO2. The topological polar surface area (TPSA) is 42.2 Å². The molecule has 0 aromatic heterocycles. The highest BCUT2D eigenvalue weighted by Crippen LogP contribution is 2.25. The SMILES string of the molecule is COc1ccc(OCC#N)c(CCl)c1. The van der Waals surface area contributed by atoms with E-state index in [1.54, 1.807) is 25.3 Å². The van der Waals surface area contributed by atoms with Crippen molar-refractivity contribution in [2.45, 2.75) is 5.88 Å². The predicted molar refractivity (Wildman–Crippen MR) is 53.7 cm³/mol. The smallest absolute Gasteiger partial charge is 0.174 e. The average Bonchev–Trinajstić information content (AvgIpc) is 2.26. The lowest BCUT2D eigenvalue weighted by Crippen LogP contribution is -1.97. The van der Waals surface area contributed by atoms with Gasteiger partial charge in [0.25, 0.3) is 0 Å². The van der Waals surface area contributed by atoms with Gasteiger partial charge in [-0.05, 0) is 18.2 Å². The molecule has 0 bridgehead atoms. The summed E-state index contributed by atoms with van der Waals surface area (Å²) in [4.78, 5) is 0. The molecule has 0 atom stereocenters. The van der Waals surface area contributed by atoms with E-state index in [0.717, 1.165) is 11.3 Å². The Morgan fingerprint density at radius 2 is 2.29 bits per heavy atom. The van der Waals surface area contributed by atoms with Crippen molar-refractivity contribution >= 4 is 11.6 Å². The maximum absolute atomic E-state index is 8.36. The molecule has 0 spiro atoms. The summed E-state index contributed by atoms with van der Waals surface area (Å²) >= 11 is 5.72. The van der Waals surface area contributed by atoms with E-state index in [4.69, 9.17) is 26.3 Å². The highest BCUT2D eigenvalue weighted by atomic mass is 35.5. The van der Waals surface area contributed by atoms with Crippen molar-refractivity contribution in [1.29, 1.82) is 5.26 Å². The van der Waals surface area contributed by atoms with Gasteiger partial charge in [0.2, 0.25) is 0 Å². The predicted octanol–water partition coefficient (Wildman–Crippen LogP) is 2.34. The van der Waals surface area contributed by atoms with E-state index in [9.17, 15) is 0 Å². The Morgan fingerprint density at radius 1 is 1.50 bits per heavy atom. The fourth-order valence-electron chi connectivity index (χ4n) is 1.04. The summed E-state index contributed by atoms with van der Waals surface area (Å²) in [6.07, 6.45) is 0. The number of rotatable bonds is 4. The second kappa shape index (κ2) is 5.36. The van der Waals surface area contributed by atoms with Gasteiger partial charge in [0, 0.05) is 5.56 Å². The van der Waals surface area contributed by atoms with Crippen LogP contribution in [0.2, 0.25) is 0 Å². The number of hydrogen-bond donors (Lipinski definition) is 0. The summed E-state index contributed by atoms with van der Waals surface area (Å²) in [5.41, 5.74) is 0.821. The summed E-state index contributed by atoms with van der Waals surface area (Å²) < 4.78 is 10.2. The number of methoxy groups -OCH3 is 1. The lowest BCUT2D eigenvalue weighted by molar-refractivity contribution is 0.362. The van der Waals surface area contributed by atoms with E-state index in [1.807, 2.05) is 6.07 Å². The van der Waals surface area contributed by atoms with Crippen LogP contribution in [-0.4, -0.2) is 13.7 Å². The van der Waals surface area contributed by atoms with Crippen molar-refractivity contribution < 1.29 is 9.47 Å². The normalized spacial score (nSPS) is 9.21. The lowest BCUT2D eigenvalue weighted by atomic mass is 10.2. The standard InChI is InChI=1S/C10H10ClNO2/c1-13-9-2-3-10(14-5-4-12)8(6-9)7-11/h2-3,6H,5,7H2,1H3. The van der Waals surface area contributed by atoms with Gasteiger partial charge in [-0.25, -0.2) is 0 Å². The second-order valence-electron chi connectivity index (χ2n) is 2.55. The van der Waals surface area contributed by atoms with Crippen molar-refractivity contribution in [3.05, 3.63) is 23.8 Å². The van der Waals surface area contributed by atoms with Gasteiger partial charge in [-0.2, -0.15) is 5.26 Å². The second-order valence-corrected chi connectivity index (χ2v) is 2.82. The summed E-state index contributed by atoms with van der Waals surface area (Å²) in [6, 6.07) is 7.20. The van der Waals surface area contributed by atoms with Crippen molar-refractivity contribution in [3.8, 4) is 17.6 Å². The van der Waals surface area contributed by atoms with Crippen LogP contribution in [0.15, 0.2) is 18.2 Å². The molecule has 0 aliphatic heterocycles. The van der Waals surface area contributed by atoms with Gasteiger partial charge in [-0.3, -0.25) is 0 Å². The van der Waals surface area contributed by atoms with Crippen LogP contribution >= 0.6 is 11.6 Å². The van der Waals surface area contributed by atoms with Gasteiger partial charge in [0.05, 0.1) is 13.0 Å². The molecule has 4 heteroatoms. The molecule has 0 radical (unpaired) electrons. The molecular weight excluding hydrogens is 202 g/mol. The molecule has 0 fully saturated rings. The average molecular weight is 212 g/mol. The molecule has 0 saturated carbocycles. The third-order valence-corrected chi connectivity index (χ3v) is 1.99. The molecule has 1 aromatic carbocycles. The molecule has 0 heterocycles. The quantitative estimate of drug-likeness (QED) is 0.718. The third kappa shape index (κ3) is 2.54. The van der Waals surface area contributed by atoms with E-state index in [1.165, 1.54) is 0 Å². The number of nitriles is 1. The minimum Gasteiger partial charge on any atom is -0.497 e. The van der Waals surface area contributed by atoms with E-state index in [-0.39, 0.29) is 6.61 Å². The van der Waals surface area contributed by atoms with Crippen LogP contribution in [0.4, 0.5) is 0 Å². The zero-order chi connectivity index (χ0) is 10.4. The fraction of sp³-hybridized carbons (Fsp3) is 0.300. The van der Waals surface area contributed by atoms with Crippen molar-refractivity contribution in [2.75, 3.05) is 13.7 Å². The van der Waals surface area contributed by atoms with Crippen LogP contribution < -0.4 is 9.47 Å². The molecule has 0 aliphatic carbocycles. The van der Waals surface area contributed by atoms with Crippen LogP contribution in [0.25, 0.3) is 0 Å². The maximum Gasteiger partial charge on any atom is 0.174 e. The van der Waals surface area contributed by atoms with Crippen molar-refractivity contribution in [2.24, 2.45) is 0 Å². The molecule has 0 aliphatic rings. The first kappa shape index (κ1) is 10.7. The Balaban J connectivity index is 2.88. The number of benzene rings is 1. The zero-order valence-electron chi connectivity index (χ0n) is 7.79. The number of alkyl halides is 1. The molecule has 0 N–H and O–H groups in total. The lowest BCUT2D eigenvalue weighted by Gasteiger charge is -2.08. The van der Waals surface area contributed by atoms with E-state index >= 15 is 0 Å². The minimum atomic E-state index is 0.0240. The van der Waals surface area contributed by atoms with Crippen LogP contribution in [0, 0.1) is 11.3 Å². The Bertz CT molecular complexity index is 346. The monoisotopic (exact) mass is 211 g/mol. The Hall–Kier alpha value is -1.40. The van der Waals surface area contributed by atoms with Gasteiger partial charge in [0.15, 0.2) is 6.61 Å². The van der Waals surface area contributed by atoms with Crippen LogP contribution in [0.5, 0.6) is 11.5 Å². The van der Waals surface area contributed by atoms with Gasteiger partial charge in [-0.15, -0.1) is 11.6 Å². The van der Waals surface area contributed by atoms with Crippen LogP contribution in [0.3, 0.4) is 0 Å². The first-order valence-corrected chi connectivity index (χ1v) is 4.58. The molecule has 1 aromatic rings. The maximum atomic E-state index is 8.36. The summed E-state index contributed by atoms with van der Waals surface area (Å²) in [7, 11) is 1.59. The fourth-order valence-corrected chi connectivity index (χ4v) is 1.25. The Kier molecular flexibility index (Phi) is 4.09. The summed E-state index contributed by atoms with van der Waals surface area (Å²) in [6.45, 7) is 0.0240. The van der Waals surface area contributed by atoms with E-state index in [2.05, 4.69) is 0 Å². The molecule has 0 unspecified atom stereocenters. The molecule has 0 amide bonds. The van der Waals surface area contributed by atoms with Crippen molar-refractivity contribution in [3.63, 3.8) is 0 Å². The number of nitrogens with zero attached hydrogens (tertiary/aromatic N) is 1. The first-order valence-electron chi connectivity index (χ1n) is 4.04. The zero-order valence-corrected chi connectivity index (χ0v) is 8.54. The summed E-state index contributed by atoms with van der Waals surface area (Å²) in [5.74, 6) is 1.69. The molecule has 14 heavy (non-hydrogen) atoms. The van der Waals surface area contributed by atoms with Gasteiger partial charge >= 0.3 is 0 Å². The Labute approximate surface area is 87.8 Å². The van der Waals surface area contributed by atoms with E-state index < -0.39 is 0 Å². The van der Waals surface area contributed by atoms with Crippen LogP contribution in [-0.2, 0) is 5.88 Å². The number of ether oxygens (including phenoxy) is 2. The number of hydrogen-bond acceptors (Lipinski definition) is 3. The number of halogens is 1. The van der Waals surface area contributed by atoms with E-state index in [0.29, 0.717) is 11.6 Å². The van der Waals surface area contributed by atoms with Gasteiger partial charge < -0.3 is 9.47 Å². The molecule has 1 rings (SSSR count). The largest absolute Gasteiger partial charge is 0.497 e. The summed E-state index contributed by atoms with van der Waals surface area (Å²) in [5, 5.41) is 8.36. The van der Waals surface area contributed by atoms with Gasteiger partial charge in [-0.1, -0.05) is 0 Å². The van der Waals surface area contributed by atoms with Gasteiger partial charge in [0.1, 0.15) is 17.6 Å².